The van der Waals surface area contributed by atoms with Gasteiger partial charge in [0.2, 0.25) is 0 Å². The zero-order valence-corrected chi connectivity index (χ0v) is 13.7. The van der Waals surface area contributed by atoms with Crippen molar-refractivity contribution in [2.45, 2.75) is 33.0 Å². The molecule has 6 nitrogen and oxygen atoms in total. The van der Waals surface area contributed by atoms with Crippen molar-refractivity contribution < 1.29 is 23.6 Å². The van der Waals surface area contributed by atoms with Gasteiger partial charge in [-0.2, -0.15) is 0 Å². The maximum absolute atomic E-state index is 12.8. The maximum Gasteiger partial charge on any atom is 0.357 e. The van der Waals surface area contributed by atoms with Crippen LogP contribution in [0, 0.1) is 0 Å². The first-order valence-electron chi connectivity index (χ1n) is 6.76. The molecule has 0 fully saturated rings. The number of ketones is 1. The molecule has 21 heavy (non-hydrogen) atoms. The molecular weight excluding hydrogens is 293 g/mol. The predicted molar refractivity (Wildman–Crippen MR) is 79.9 cm³/mol. The van der Waals surface area contributed by atoms with Gasteiger partial charge in [0.05, 0.1) is 13.2 Å². The Kier molecular flexibility index (Phi) is 6.10. The van der Waals surface area contributed by atoms with Crippen molar-refractivity contribution >= 4 is 13.4 Å². The first kappa shape index (κ1) is 17.9. The number of allylic oxidation sites excluding steroid dienone is 5. The molecule has 0 saturated heterocycles. The lowest BCUT2D eigenvalue weighted by atomic mass is 10.1. The molecule has 0 heterocycles. The van der Waals surface area contributed by atoms with E-state index in [4.69, 9.17) is 9.05 Å². The van der Waals surface area contributed by atoms with Crippen molar-refractivity contribution in [3.8, 4) is 0 Å². The highest BCUT2D eigenvalue weighted by atomic mass is 31.2. The zero-order valence-electron chi connectivity index (χ0n) is 12.8. The van der Waals surface area contributed by atoms with E-state index < -0.39 is 12.9 Å². The highest BCUT2D eigenvalue weighted by Gasteiger charge is 2.47. The first-order valence-corrected chi connectivity index (χ1v) is 8.30. The Morgan fingerprint density at radius 2 is 1.67 bits per heavy atom. The SMILES string of the molecule is CCOP(=O)(OCC)C(C)(C)N(O)C=C1C=CC(=O)C=C1. The lowest BCUT2D eigenvalue weighted by Crippen LogP contribution is -2.39. The Labute approximate surface area is 125 Å². The molecule has 0 aliphatic heterocycles. The Hall–Kier alpha value is -1.20. The molecule has 0 amide bonds. The summed E-state index contributed by atoms with van der Waals surface area (Å²) in [5.41, 5.74) is 0.602. The van der Waals surface area contributed by atoms with E-state index in [-0.39, 0.29) is 19.0 Å². The molecule has 118 valence electrons. The average molecular weight is 315 g/mol. The lowest BCUT2D eigenvalue weighted by Gasteiger charge is -2.37. The third-order valence-corrected chi connectivity index (χ3v) is 5.72. The van der Waals surface area contributed by atoms with E-state index in [2.05, 4.69) is 0 Å². The molecule has 1 aliphatic carbocycles. The van der Waals surface area contributed by atoms with E-state index in [9.17, 15) is 14.6 Å². The molecule has 1 aliphatic rings. The van der Waals surface area contributed by atoms with Crippen molar-refractivity contribution in [3.05, 3.63) is 36.1 Å². The standard InChI is InChI=1S/C14H22NO5P/c1-5-19-21(18,20-6-2)14(3,4)15(17)11-12-7-9-13(16)10-8-12/h7-11,17H,5-6H2,1-4H3. The third kappa shape index (κ3) is 4.14. The second kappa shape index (κ2) is 7.18. The van der Waals surface area contributed by atoms with Crippen LogP contribution in [0.1, 0.15) is 27.7 Å². The van der Waals surface area contributed by atoms with E-state index in [1.54, 1.807) is 39.8 Å². The molecule has 7 heteroatoms. The van der Waals surface area contributed by atoms with E-state index >= 15 is 0 Å². The lowest BCUT2D eigenvalue weighted by molar-refractivity contribution is -0.110. The van der Waals surface area contributed by atoms with Gasteiger partial charge in [0, 0.05) is 6.20 Å². The van der Waals surface area contributed by atoms with E-state index in [0.717, 1.165) is 5.06 Å². The van der Waals surface area contributed by atoms with Crippen LogP contribution < -0.4 is 0 Å². The molecule has 0 bridgehead atoms. The molecule has 1 N–H and O–H groups in total. The summed E-state index contributed by atoms with van der Waals surface area (Å²) in [4.78, 5) is 11.1. The molecule has 0 aromatic heterocycles. The zero-order chi connectivity index (χ0) is 16.1. The van der Waals surface area contributed by atoms with Crippen molar-refractivity contribution in [2.24, 2.45) is 0 Å². The van der Waals surface area contributed by atoms with Crippen LogP contribution >= 0.6 is 7.60 Å². The van der Waals surface area contributed by atoms with Crippen LogP contribution in [-0.2, 0) is 18.4 Å². The number of carbonyl (C=O) groups excluding carboxylic acids is 1. The molecule has 0 spiro atoms. The number of hydrogen-bond donors (Lipinski definition) is 1. The van der Waals surface area contributed by atoms with E-state index in [1.165, 1.54) is 18.4 Å². The first-order chi connectivity index (χ1) is 9.76. The molecule has 0 saturated carbocycles. The number of hydrogen-bond acceptors (Lipinski definition) is 6. The summed E-state index contributed by atoms with van der Waals surface area (Å²) in [5, 5.41) is 9.79. The second-order valence-corrected chi connectivity index (χ2v) is 7.48. The summed E-state index contributed by atoms with van der Waals surface area (Å²) in [6.45, 7) is 6.97. The predicted octanol–water partition coefficient (Wildman–Crippen LogP) is 3.26. The van der Waals surface area contributed by atoms with Crippen LogP contribution in [0.25, 0.3) is 0 Å². The number of nitrogens with zero attached hydrogens (tertiary/aromatic N) is 1. The fraction of sp³-hybridized carbons (Fsp3) is 0.500. The van der Waals surface area contributed by atoms with Crippen LogP contribution in [0.15, 0.2) is 36.1 Å². The smallest absolute Gasteiger partial charge is 0.307 e. The topological polar surface area (TPSA) is 76.1 Å². The van der Waals surface area contributed by atoms with E-state index in [0.29, 0.717) is 5.57 Å². The number of hydroxylamine groups is 2. The summed E-state index contributed by atoms with van der Waals surface area (Å²) in [6, 6.07) is 0. The summed E-state index contributed by atoms with van der Waals surface area (Å²) < 4.78 is 23.4. The fourth-order valence-electron chi connectivity index (χ4n) is 1.67. The summed E-state index contributed by atoms with van der Waals surface area (Å²) in [6.07, 6.45) is 7.28. The van der Waals surface area contributed by atoms with Gasteiger partial charge in [-0.05, 0) is 57.6 Å². The largest absolute Gasteiger partial charge is 0.357 e. The Morgan fingerprint density at radius 3 is 2.10 bits per heavy atom. The minimum absolute atomic E-state index is 0.120. The second-order valence-electron chi connectivity index (χ2n) is 4.87. The van der Waals surface area contributed by atoms with Crippen molar-refractivity contribution in [2.75, 3.05) is 13.2 Å². The Balaban J connectivity index is 3.02. The maximum atomic E-state index is 12.8. The summed E-state index contributed by atoms with van der Waals surface area (Å²) in [5.74, 6) is -0.120. The molecular formula is C14H22NO5P. The van der Waals surface area contributed by atoms with Crippen LogP contribution in [0.3, 0.4) is 0 Å². The van der Waals surface area contributed by atoms with Crippen molar-refractivity contribution in [1.29, 1.82) is 0 Å². The normalized spacial score (nSPS) is 15.5. The molecule has 0 unspecified atom stereocenters. The summed E-state index contributed by atoms with van der Waals surface area (Å²) >= 11 is 0. The van der Waals surface area contributed by atoms with Gasteiger partial charge >= 0.3 is 7.60 Å². The van der Waals surface area contributed by atoms with Crippen LogP contribution in [-0.4, -0.2) is 34.5 Å². The van der Waals surface area contributed by atoms with E-state index in [1.807, 2.05) is 0 Å². The van der Waals surface area contributed by atoms with Crippen LogP contribution in [0.4, 0.5) is 0 Å². The fourth-order valence-corrected chi connectivity index (χ4v) is 3.37. The quantitative estimate of drug-likeness (QED) is 0.574. The highest BCUT2D eigenvalue weighted by Crippen LogP contribution is 2.60. The molecule has 0 radical (unpaired) electrons. The average Bonchev–Trinajstić information content (AvgIpc) is 2.41. The van der Waals surface area contributed by atoms with Gasteiger partial charge in [0.15, 0.2) is 11.1 Å². The molecule has 0 aromatic carbocycles. The monoisotopic (exact) mass is 315 g/mol. The number of rotatable bonds is 7. The van der Waals surface area contributed by atoms with Crippen LogP contribution in [0.2, 0.25) is 0 Å². The third-order valence-electron chi connectivity index (χ3n) is 2.98. The molecule has 1 rings (SSSR count). The molecule has 0 aromatic rings. The minimum Gasteiger partial charge on any atom is -0.307 e. The van der Waals surface area contributed by atoms with Gasteiger partial charge in [-0.1, -0.05) is 0 Å². The molecule has 0 atom stereocenters. The van der Waals surface area contributed by atoms with Crippen LogP contribution in [0.5, 0.6) is 0 Å². The Bertz CT molecular complexity index is 493. The van der Waals surface area contributed by atoms with Crippen molar-refractivity contribution in [3.63, 3.8) is 0 Å². The van der Waals surface area contributed by atoms with Crippen molar-refractivity contribution in [1.82, 2.24) is 5.06 Å². The van der Waals surface area contributed by atoms with Gasteiger partial charge < -0.3 is 9.05 Å². The number of carbonyl (C=O) groups is 1. The van der Waals surface area contributed by atoms with Gasteiger partial charge in [-0.3, -0.25) is 14.6 Å². The van der Waals surface area contributed by atoms with Gasteiger partial charge in [0.25, 0.3) is 0 Å². The highest BCUT2D eigenvalue weighted by molar-refractivity contribution is 7.55. The summed E-state index contributed by atoms with van der Waals surface area (Å²) in [7, 11) is -3.54. The van der Waals surface area contributed by atoms with Gasteiger partial charge in [-0.15, -0.1) is 0 Å². The van der Waals surface area contributed by atoms with Gasteiger partial charge in [0.1, 0.15) is 0 Å². The Morgan fingerprint density at radius 1 is 1.19 bits per heavy atom. The minimum atomic E-state index is -3.54. The van der Waals surface area contributed by atoms with Gasteiger partial charge in [-0.25, -0.2) is 5.06 Å².